The summed E-state index contributed by atoms with van der Waals surface area (Å²) >= 11 is 0. The Hall–Kier alpha value is -4.46. The monoisotopic (exact) mass is 579 g/mol. The molecule has 13 heteroatoms. The number of para-hydroxylation sites is 2. The number of methoxy groups -OCH3 is 1. The number of benzene rings is 3. The van der Waals surface area contributed by atoms with Crippen molar-refractivity contribution in [3.63, 3.8) is 0 Å². The van der Waals surface area contributed by atoms with Gasteiger partial charge in [0, 0.05) is 42.7 Å². The minimum absolute atomic E-state index is 0.0505. The predicted molar refractivity (Wildman–Crippen MR) is 159 cm³/mol. The second kappa shape index (κ2) is 12.8. The van der Waals surface area contributed by atoms with Crippen molar-refractivity contribution in [2.75, 3.05) is 63.2 Å². The van der Waals surface area contributed by atoms with Gasteiger partial charge < -0.3 is 25.4 Å². The Morgan fingerprint density at radius 1 is 0.902 bits per heavy atom. The summed E-state index contributed by atoms with van der Waals surface area (Å²) < 4.78 is 34.7. The summed E-state index contributed by atoms with van der Waals surface area (Å²) in [5.74, 6) is 0.145. The number of ether oxygens (including phenoxy) is 1. The first-order chi connectivity index (χ1) is 19.5. The molecule has 12 nitrogen and oxygen atoms in total. The van der Waals surface area contributed by atoms with Crippen molar-refractivity contribution in [3.05, 3.63) is 66.7 Å². The number of sulfonamides is 1. The largest absolute Gasteiger partial charge is 0.508 e. The van der Waals surface area contributed by atoms with Crippen LogP contribution in [0, 0.1) is 0 Å². The Morgan fingerprint density at radius 3 is 2.29 bits per heavy atom. The van der Waals surface area contributed by atoms with Crippen LogP contribution < -0.4 is 20.1 Å². The van der Waals surface area contributed by atoms with E-state index < -0.39 is 10.0 Å². The summed E-state index contributed by atoms with van der Waals surface area (Å²) in [6.45, 7) is 1.67. The number of carbonyl (C=O) groups is 1. The van der Waals surface area contributed by atoms with Crippen LogP contribution >= 0.6 is 0 Å². The molecule has 0 aliphatic rings. The van der Waals surface area contributed by atoms with Gasteiger partial charge in [0.1, 0.15) is 11.5 Å². The quantitative estimate of drug-likeness (QED) is 0.197. The third kappa shape index (κ3) is 8.03. The van der Waals surface area contributed by atoms with E-state index in [0.29, 0.717) is 34.7 Å². The van der Waals surface area contributed by atoms with Crippen molar-refractivity contribution in [3.8, 4) is 11.5 Å². The van der Waals surface area contributed by atoms with Crippen LogP contribution in [0.25, 0.3) is 11.0 Å². The number of phenolic OH excluding ortho intramolecular Hbond substituents is 1. The molecule has 0 aliphatic heterocycles. The minimum atomic E-state index is -4.15. The number of hydrogen-bond donors (Lipinski definition) is 4. The minimum Gasteiger partial charge on any atom is -0.508 e. The van der Waals surface area contributed by atoms with E-state index in [0.717, 1.165) is 6.54 Å². The van der Waals surface area contributed by atoms with Crippen LogP contribution in [0.5, 0.6) is 11.5 Å². The van der Waals surface area contributed by atoms with Gasteiger partial charge in [0.25, 0.3) is 10.0 Å². The SMILES string of the molecule is COc1cc(O)cc(Nc2nc3ccccc3nc2NS(=O)(=O)c2cccc(NC(=O)CN(C)CCN(C)C)c2)c1. The Kier molecular flexibility index (Phi) is 9.22. The highest BCUT2D eigenvalue weighted by Crippen LogP contribution is 2.31. The van der Waals surface area contributed by atoms with E-state index in [1.165, 1.54) is 31.4 Å². The number of amides is 1. The Labute approximate surface area is 239 Å². The maximum absolute atomic E-state index is 13.5. The van der Waals surface area contributed by atoms with Crippen LogP contribution in [-0.2, 0) is 14.8 Å². The summed E-state index contributed by atoms with van der Waals surface area (Å²) in [5, 5.41) is 15.8. The summed E-state index contributed by atoms with van der Waals surface area (Å²) in [6.07, 6.45) is 0. The lowest BCUT2D eigenvalue weighted by Crippen LogP contribution is -2.34. The molecule has 4 rings (SSSR count). The van der Waals surface area contributed by atoms with Crippen molar-refractivity contribution in [1.82, 2.24) is 19.8 Å². The molecule has 41 heavy (non-hydrogen) atoms. The number of fused-ring (bicyclic) bond motifs is 1. The van der Waals surface area contributed by atoms with E-state index in [9.17, 15) is 18.3 Å². The van der Waals surface area contributed by atoms with Gasteiger partial charge >= 0.3 is 0 Å². The summed E-state index contributed by atoms with van der Waals surface area (Å²) in [6, 6.07) is 17.5. The maximum Gasteiger partial charge on any atom is 0.263 e. The molecule has 4 N–H and O–H groups in total. The van der Waals surface area contributed by atoms with Crippen LogP contribution in [0.2, 0.25) is 0 Å². The fourth-order valence-corrected chi connectivity index (χ4v) is 4.95. The fourth-order valence-electron chi connectivity index (χ4n) is 3.89. The Bertz CT molecular complexity index is 1650. The van der Waals surface area contributed by atoms with Gasteiger partial charge in [-0.2, -0.15) is 0 Å². The molecular weight excluding hydrogens is 546 g/mol. The number of likely N-dealkylation sites (N-methyl/N-ethyl adjacent to an activating group) is 2. The lowest BCUT2D eigenvalue weighted by atomic mass is 10.2. The zero-order valence-corrected chi connectivity index (χ0v) is 24.1. The fraction of sp³-hybridized carbons (Fsp3) is 0.250. The molecule has 4 aromatic rings. The average molecular weight is 580 g/mol. The number of aromatic nitrogens is 2. The average Bonchev–Trinajstić information content (AvgIpc) is 2.91. The Balaban J connectivity index is 1.58. The van der Waals surface area contributed by atoms with Gasteiger partial charge in [-0.1, -0.05) is 18.2 Å². The molecule has 216 valence electrons. The second-order valence-electron chi connectivity index (χ2n) is 9.68. The molecule has 1 aromatic heterocycles. The molecule has 0 aliphatic carbocycles. The zero-order chi connectivity index (χ0) is 29.6. The zero-order valence-electron chi connectivity index (χ0n) is 23.2. The molecule has 1 heterocycles. The number of nitrogens with one attached hydrogen (secondary N) is 3. The molecule has 0 spiro atoms. The highest BCUT2D eigenvalue weighted by Gasteiger charge is 2.20. The van der Waals surface area contributed by atoms with Crippen LogP contribution in [0.3, 0.4) is 0 Å². The predicted octanol–water partition coefficient (Wildman–Crippen LogP) is 3.32. The third-order valence-electron chi connectivity index (χ3n) is 5.96. The summed E-state index contributed by atoms with van der Waals surface area (Å²) in [5.41, 5.74) is 1.76. The number of carbonyl (C=O) groups excluding carboxylic acids is 1. The van der Waals surface area contributed by atoms with E-state index in [1.807, 2.05) is 30.9 Å². The number of anilines is 4. The number of rotatable bonds is 12. The highest BCUT2D eigenvalue weighted by molar-refractivity contribution is 7.92. The van der Waals surface area contributed by atoms with Crippen LogP contribution in [-0.4, -0.2) is 87.1 Å². The van der Waals surface area contributed by atoms with E-state index in [1.54, 1.807) is 42.5 Å². The van der Waals surface area contributed by atoms with Crippen molar-refractivity contribution >= 4 is 50.0 Å². The molecule has 0 atom stereocenters. The molecule has 1 amide bonds. The van der Waals surface area contributed by atoms with E-state index in [-0.39, 0.29) is 34.7 Å². The van der Waals surface area contributed by atoms with Crippen molar-refractivity contribution in [2.24, 2.45) is 0 Å². The normalized spacial score (nSPS) is 11.6. The van der Waals surface area contributed by atoms with Gasteiger partial charge in [-0.15, -0.1) is 0 Å². The van der Waals surface area contributed by atoms with E-state index in [4.69, 9.17) is 4.74 Å². The first kappa shape index (κ1) is 29.5. The Morgan fingerprint density at radius 2 is 1.61 bits per heavy atom. The van der Waals surface area contributed by atoms with Crippen LogP contribution in [0.4, 0.5) is 23.0 Å². The van der Waals surface area contributed by atoms with Gasteiger partial charge in [-0.3, -0.25) is 14.4 Å². The van der Waals surface area contributed by atoms with Gasteiger partial charge in [0.05, 0.1) is 29.6 Å². The van der Waals surface area contributed by atoms with Crippen molar-refractivity contribution < 1.29 is 23.1 Å². The number of aromatic hydroxyl groups is 1. The van der Waals surface area contributed by atoms with Crippen molar-refractivity contribution in [2.45, 2.75) is 4.90 Å². The lowest BCUT2D eigenvalue weighted by Gasteiger charge is -2.19. The van der Waals surface area contributed by atoms with Crippen LogP contribution in [0.1, 0.15) is 0 Å². The summed E-state index contributed by atoms with van der Waals surface area (Å²) in [4.78, 5) is 25.4. The second-order valence-corrected chi connectivity index (χ2v) is 11.4. The third-order valence-corrected chi connectivity index (χ3v) is 7.30. The standard InChI is InChI=1S/C28H33N7O5S/c1-34(2)12-13-35(3)18-26(37)29-19-8-7-9-23(16-19)41(38,39)33-28-27(31-24-10-5-6-11-25(24)32-28)30-20-14-21(36)17-22(15-20)40-4/h5-11,14-17,36H,12-13,18H2,1-4H3,(H,29,37)(H,30,31)(H,32,33). The molecular formula is C28H33N7O5S. The van der Waals surface area contributed by atoms with Gasteiger partial charge in [-0.25, -0.2) is 18.4 Å². The van der Waals surface area contributed by atoms with Gasteiger partial charge in [-0.05, 0) is 51.5 Å². The molecule has 0 unspecified atom stereocenters. The first-order valence-corrected chi connectivity index (χ1v) is 14.2. The first-order valence-electron chi connectivity index (χ1n) is 12.7. The van der Waals surface area contributed by atoms with E-state index in [2.05, 4.69) is 25.3 Å². The maximum atomic E-state index is 13.5. The lowest BCUT2D eigenvalue weighted by molar-refractivity contribution is -0.117. The van der Waals surface area contributed by atoms with Crippen molar-refractivity contribution in [1.29, 1.82) is 0 Å². The topological polar surface area (TPSA) is 149 Å². The summed E-state index contributed by atoms with van der Waals surface area (Å²) in [7, 11) is 3.08. The van der Waals surface area contributed by atoms with Crippen LogP contribution in [0.15, 0.2) is 71.6 Å². The molecule has 0 bridgehead atoms. The molecule has 0 radical (unpaired) electrons. The smallest absolute Gasteiger partial charge is 0.263 e. The molecule has 3 aromatic carbocycles. The van der Waals surface area contributed by atoms with Gasteiger partial charge in [0.15, 0.2) is 11.6 Å². The van der Waals surface area contributed by atoms with Gasteiger partial charge in [0.2, 0.25) is 5.91 Å². The number of hydrogen-bond acceptors (Lipinski definition) is 10. The highest BCUT2D eigenvalue weighted by atomic mass is 32.2. The molecule has 0 saturated carbocycles. The van der Waals surface area contributed by atoms with E-state index >= 15 is 0 Å². The molecule has 0 saturated heterocycles. The number of nitrogens with zero attached hydrogens (tertiary/aromatic N) is 4. The number of phenols is 1. The molecule has 0 fully saturated rings.